The van der Waals surface area contributed by atoms with E-state index in [2.05, 4.69) is 27.7 Å². The van der Waals surface area contributed by atoms with Gasteiger partial charge in [-0.2, -0.15) is 0 Å². The predicted molar refractivity (Wildman–Crippen MR) is 105 cm³/mol. The predicted octanol–water partition coefficient (Wildman–Crippen LogP) is 4.31. The molecule has 2 N–H and O–H groups in total. The number of carbonyl (C=O) groups is 1. The highest BCUT2D eigenvalue weighted by molar-refractivity contribution is 6.30. The Kier molecular flexibility index (Phi) is 6.36. The van der Waals surface area contributed by atoms with E-state index in [0.717, 1.165) is 18.8 Å². The summed E-state index contributed by atoms with van der Waals surface area (Å²) in [7, 11) is 1.66. The lowest BCUT2D eigenvalue weighted by Gasteiger charge is -2.28. The quantitative estimate of drug-likeness (QED) is 0.793. The molecule has 138 valence electrons. The SMILES string of the molecule is COc1ccc([C@H](CNC(=O)Nc2cccc(Cl)c2)N2CCCC2)cc1. The van der Waals surface area contributed by atoms with Gasteiger partial charge in [-0.15, -0.1) is 0 Å². The van der Waals surface area contributed by atoms with Crippen molar-refractivity contribution < 1.29 is 9.53 Å². The largest absolute Gasteiger partial charge is 0.497 e. The van der Waals surface area contributed by atoms with Gasteiger partial charge in [0.25, 0.3) is 0 Å². The monoisotopic (exact) mass is 373 g/mol. The molecule has 2 aromatic carbocycles. The van der Waals surface area contributed by atoms with Gasteiger partial charge in [0.2, 0.25) is 0 Å². The molecule has 5 nitrogen and oxygen atoms in total. The lowest BCUT2D eigenvalue weighted by molar-refractivity contribution is 0.227. The molecule has 1 saturated heterocycles. The Balaban J connectivity index is 1.64. The highest BCUT2D eigenvalue weighted by Crippen LogP contribution is 2.26. The molecule has 2 aromatic rings. The normalized spacial score (nSPS) is 15.5. The molecule has 1 aliphatic rings. The molecule has 0 spiro atoms. The first-order chi connectivity index (χ1) is 12.7. The van der Waals surface area contributed by atoms with E-state index in [1.54, 1.807) is 19.2 Å². The lowest BCUT2D eigenvalue weighted by Crippen LogP contribution is -2.38. The summed E-state index contributed by atoms with van der Waals surface area (Å²) in [5.74, 6) is 0.834. The van der Waals surface area contributed by atoms with E-state index in [4.69, 9.17) is 16.3 Å². The van der Waals surface area contributed by atoms with Gasteiger partial charge in [-0.1, -0.05) is 29.8 Å². The first kappa shape index (κ1) is 18.5. The molecule has 0 radical (unpaired) electrons. The average Bonchev–Trinajstić information content (AvgIpc) is 3.17. The van der Waals surface area contributed by atoms with Crippen LogP contribution < -0.4 is 15.4 Å². The number of nitrogens with one attached hydrogen (secondary N) is 2. The molecular formula is C20H24ClN3O2. The van der Waals surface area contributed by atoms with E-state index < -0.39 is 0 Å². The van der Waals surface area contributed by atoms with Gasteiger partial charge in [-0.05, 0) is 61.8 Å². The number of carbonyl (C=O) groups excluding carboxylic acids is 1. The Bertz CT molecular complexity index is 730. The number of anilines is 1. The van der Waals surface area contributed by atoms with E-state index in [1.165, 1.54) is 18.4 Å². The second-order valence-electron chi connectivity index (χ2n) is 6.38. The van der Waals surface area contributed by atoms with Crippen LogP contribution in [0.2, 0.25) is 5.02 Å². The third-order valence-corrected chi connectivity index (χ3v) is 4.86. The molecule has 0 bridgehead atoms. The average molecular weight is 374 g/mol. The molecule has 0 saturated carbocycles. The zero-order valence-corrected chi connectivity index (χ0v) is 15.6. The number of halogens is 1. The molecule has 2 amide bonds. The van der Waals surface area contributed by atoms with Crippen LogP contribution >= 0.6 is 11.6 Å². The number of ether oxygens (including phenoxy) is 1. The smallest absolute Gasteiger partial charge is 0.319 e. The second kappa shape index (κ2) is 8.92. The van der Waals surface area contributed by atoms with Gasteiger partial charge in [-0.25, -0.2) is 4.79 Å². The standard InChI is InChI=1S/C20H24ClN3O2/c1-26-18-9-7-15(8-10-18)19(24-11-2-3-12-24)14-22-20(25)23-17-6-4-5-16(21)13-17/h4-10,13,19H,2-3,11-12,14H2,1H3,(H2,22,23,25)/t19-/m0/s1. The van der Waals surface area contributed by atoms with E-state index in [-0.39, 0.29) is 12.1 Å². The number of hydrogen-bond acceptors (Lipinski definition) is 3. The second-order valence-corrected chi connectivity index (χ2v) is 6.81. The van der Waals surface area contributed by atoms with Crippen LogP contribution in [-0.2, 0) is 0 Å². The van der Waals surface area contributed by atoms with Gasteiger partial charge >= 0.3 is 6.03 Å². The highest BCUT2D eigenvalue weighted by Gasteiger charge is 2.24. The van der Waals surface area contributed by atoms with Crippen molar-refractivity contribution in [1.82, 2.24) is 10.2 Å². The van der Waals surface area contributed by atoms with Crippen LogP contribution in [0.5, 0.6) is 5.75 Å². The number of hydrogen-bond donors (Lipinski definition) is 2. The van der Waals surface area contributed by atoms with Gasteiger partial charge in [0.15, 0.2) is 0 Å². The molecule has 0 aliphatic carbocycles. The van der Waals surface area contributed by atoms with Crippen LogP contribution in [0.4, 0.5) is 10.5 Å². The molecule has 6 heteroatoms. The van der Waals surface area contributed by atoms with Gasteiger partial charge in [-0.3, -0.25) is 4.90 Å². The Morgan fingerprint density at radius 1 is 1.19 bits per heavy atom. The Labute approximate surface area is 159 Å². The van der Waals surface area contributed by atoms with Crippen molar-refractivity contribution in [3.05, 3.63) is 59.1 Å². The molecular weight excluding hydrogens is 350 g/mol. The van der Waals surface area contributed by atoms with Crippen LogP contribution in [-0.4, -0.2) is 37.7 Å². The van der Waals surface area contributed by atoms with Crippen molar-refractivity contribution in [2.24, 2.45) is 0 Å². The van der Waals surface area contributed by atoms with E-state index in [9.17, 15) is 4.79 Å². The molecule has 1 heterocycles. The lowest BCUT2D eigenvalue weighted by atomic mass is 10.1. The van der Waals surface area contributed by atoms with Gasteiger partial charge in [0.05, 0.1) is 13.2 Å². The summed E-state index contributed by atoms with van der Waals surface area (Å²) in [5, 5.41) is 6.41. The first-order valence-electron chi connectivity index (χ1n) is 8.84. The van der Waals surface area contributed by atoms with Crippen molar-refractivity contribution >= 4 is 23.3 Å². The summed E-state index contributed by atoms with van der Waals surface area (Å²) in [6, 6.07) is 15.1. The summed E-state index contributed by atoms with van der Waals surface area (Å²) in [5.41, 5.74) is 1.85. The fraction of sp³-hybridized carbons (Fsp3) is 0.350. The summed E-state index contributed by atoms with van der Waals surface area (Å²) in [6.45, 7) is 2.64. The number of nitrogens with zero attached hydrogens (tertiary/aromatic N) is 1. The topological polar surface area (TPSA) is 53.6 Å². The Hall–Kier alpha value is -2.24. The maximum Gasteiger partial charge on any atom is 0.319 e. The van der Waals surface area contributed by atoms with Crippen molar-refractivity contribution in [3.8, 4) is 5.75 Å². The first-order valence-corrected chi connectivity index (χ1v) is 9.22. The number of rotatable bonds is 6. The van der Waals surface area contributed by atoms with Gasteiger partial charge in [0.1, 0.15) is 5.75 Å². The van der Waals surface area contributed by atoms with Crippen molar-refractivity contribution in [3.63, 3.8) is 0 Å². The van der Waals surface area contributed by atoms with Gasteiger partial charge < -0.3 is 15.4 Å². The zero-order chi connectivity index (χ0) is 18.4. The van der Waals surface area contributed by atoms with Crippen LogP contribution in [0, 0.1) is 0 Å². The van der Waals surface area contributed by atoms with Crippen LogP contribution in [0.15, 0.2) is 48.5 Å². The molecule has 26 heavy (non-hydrogen) atoms. The number of amides is 2. The minimum atomic E-state index is -0.232. The molecule has 0 unspecified atom stereocenters. The molecule has 3 rings (SSSR count). The Morgan fingerprint density at radius 3 is 2.58 bits per heavy atom. The summed E-state index contributed by atoms with van der Waals surface area (Å²) >= 11 is 5.96. The third-order valence-electron chi connectivity index (χ3n) is 4.62. The maximum absolute atomic E-state index is 12.3. The Morgan fingerprint density at radius 2 is 1.92 bits per heavy atom. The number of urea groups is 1. The van der Waals surface area contributed by atoms with E-state index in [1.807, 2.05) is 24.3 Å². The molecule has 1 aliphatic heterocycles. The molecule has 1 atom stereocenters. The highest BCUT2D eigenvalue weighted by atomic mass is 35.5. The van der Waals surface area contributed by atoms with E-state index in [0.29, 0.717) is 17.3 Å². The fourth-order valence-electron chi connectivity index (χ4n) is 3.27. The minimum Gasteiger partial charge on any atom is -0.497 e. The minimum absolute atomic E-state index is 0.147. The number of methoxy groups -OCH3 is 1. The zero-order valence-electron chi connectivity index (χ0n) is 14.9. The third kappa shape index (κ3) is 4.90. The van der Waals surface area contributed by atoms with Crippen molar-refractivity contribution in [1.29, 1.82) is 0 Å². The summed E-state index contributed by atoms with van der Waals surface area (Å²) < 4.78 is 5.24. The molecule has 1 fully saturated rings. The van der Waals surface area contributed by atoms with Crippen LogP contribution in [0.25, 0.3) is 0 Å². The van der Waals surface area contributed by atoms with Crippen LogP contribution in [0.3, 0.4) is 0 Å². The fourth-order valence-corrected chi connectivity index (χ4v) is 3.46. The summed E-state index contributed by atoms with van der Waals surface area (Å²) in [6.07, 6.45) is 2.39. The summed E-state index contributed by atoms with van der Waals surface area (Å²) in [4.78, 5) is 14.7. The van der Waals surface area contributed by atoms with Gasteiger partial charge in [0, 0.05) is 17.3 Å². The maximum atomic E-state index is 12.3. The van der Waals surface area contributed by atoms with Crippen LogP contribution in [0.1, 0.15) is 24.4 Å². The molecule has 0 aromatic heterocycles. The van der Waals surface area contributed by atoms with Crippen molar-refractivity contribution in [2.75, 3.05) is 32.1 Å². The number of likely N-dealkylation sites (tertiary alicyclic amines) is 1. The number of benzene rings is 2. The van der Waals surface area contributed by atoms with Crippen molar-refractivity contribution in [2.45, 2.75) is 18.9 Å². The van der Waals surface area contributed by atoms with E-state index >= 15 is 0 Å².